The van der Waals surface area contributed by atoms with Crippen molar-refractivity contribution in [2.75, 3.05) is 7.11 Å². The Balaban J connectivity index is 2.51. The maximum Gasteiger partial charge on any atom is 0.317 e. The van der Waals surface area contributed by atoms with Gasteiger partial charge >= 0.3 is 5.97 Å². The molecule has 0 bridgehead atoms. The van der Waals surface area contributed by atoms with Crippen LogP contribution in [0, 0.1) is 6.92 Å². The fourth-order valence-electron chi connectivity index (χ4n) is 2.12. The molecule has 0 N–H and O–H groups in total. The van der Waals surface area contributed by atoms with Crippen molar-refractivity contribution < 1.29 is 9.53 Å². The van der Waals surface area contributed by atoms with Gasteiger partial charge in [0.15, 0.2) is 0 Å². The highest BCUT2D eigenvalue weighted by Crippen LogP contribution is 2.28. The summed E-state index contributed by atoms with van der Waals surface area (Å²) in [5.41, 5.74) is 3.05. The molecule has 0 radical (unpaired) electrons. The predicted molar refractivity (Wildman–Crippen MR) is 71.5 cm³/mol. The highest BCUT2D eigenvalue weighted by Gasteiger charge is 2.24. The summed E-state index contributed by atoms with van der Waals surface area (Å²) in [6.07, 6.45) is 0. The van der Waals surface area contributed by atoms with Crippen LogP contribution in [0.1, 0.15) is 22.6 Å². The first kappa shape index (κ1) is 12.4. The Labute approximate surface area is 107 Å². The largest absolute Gasteiger partial charge is 0.468 e. The molecule has 0 amide bonds. The zero-order chi connectivity index (χ0) is 13.0. The lowest BCUT2D eigenvalue weighted by Crippen LogP contribution is -2.16. The second kappa shape index (κ2) is 5.50. The van der Waals surface area contributed by atoms with Crippen LogP contribution in [0.4, 0.5) is 0 Å². The molecule has 0 saturated heterocycles. The maximum atomic E-state index is 12.0. The molecule has 1 atom stereocenters. The van der Waals surface area contributed by atoms with Crippen molar-refractivity contribution in [2.45, 2.75) is 12.8 Å². The number of hydrogen-bond donors (Lipinski definition) is 0. The van der Waals surface area contributed by atoms with Crippen molar-refractivity contribution in [1.82, 2.24) is 0 Å². The fraction of sp³-hybridized carbons (Fsp3) is 0.188. The lowest BCUT2D eigenvalue weighted by Gasteiger charge is -2.17. The summed E-state index contributed by atoms with van der Waals surface area (Å²) >= 11 is 0. The van der Waals surface area contributed by atoms with Crippen LogP contribution in [-0.4, -0.2) is 13.1 Å². The Morgan fingerprint density at radius 1 is 1.00 bits per heavy atom. The Morgan fingerprint density at radius 3 is 2.22 bits per heavy atom. The summed E-state index contributed by atoms with van der Waals surface area (Å²) in [5.74, 6) is -0.576. The Kier molecular flexibility index (Phi) is 3.78. The SMILES string of the molecule is COC(=O)C(c1ccccc1)c1ccccc1C. The van der Waals surface area contributed by atoms with Crippen molar-refractivity contribution in [1.29, 1.82) is 0 Å². The van der Waals surface area contributed by atoms with Gasteiger partial charge < -0.3 is 4.74 Å². The minimum absolute atomic E-state index is 0.226. The molecule has 2 aromatic carbocycles. The van der Waals surface area contributed by atoms with Crippen LogP contribution < -0.4 is 0 Å². The molecule has 2 aromatic rings. The van der Waals surface area contributed by atoms with Crippen LogP contribution in [0.2, 0.25) is 0 Å². The van der Waals surface area contributed by atoms with E-state index in [0.29, 0.717) is 0 Å². The molecule has 92 valence electrons. The van der Waals surface area contributed by atoms with Crippen molar-refractivity contribution in [2.24, 2.45) is 0 Å². The molecular formula is C16H16O2. The quantitative estimate of drug-likeness (QED) is 0.769. The maximum absolute atomic E-state index is 12.0. The predicted octanol–water partition coefficient (Wildman–Crippen LogP) is 3.30. The molecule has 0 aliphatic rings. The number of ether oxygens (including phenoxy) is 1. The van der Waals surface area contributed by atoms with E-state index < -0.39 is 0 Å². The van der Waals surface area contributed by atoms with Gasteiger partial charge in [-0.15, -0.1) is 0 Å². The number of rotatable bonds is 3. The molecule has 0 saturated carbocycles. The van der Waals surface area contributed by atoms with Gasteiger partial charge in [-0.3, -0.25) is 4.79 Å². The van der Waals surface area contributed by atoms with Gasteiger partial charge in [-0.2, -0.15) is 0 Å². The first-order valence-electron chi connectivity index (χ1n) is 5.92. The van der Waals surface area contributed by atoms with E-state index in [0.717, 1.165) is 16.7 Å². The van der Waals surface area contributed by atoms with Gasteiger partial charge in [-0.25, -0.2) is 0 Å². The van der Waals surface area contributed by atoms with Gasteiger partial charge in [-0.1, -0.05) is 54.6 Å². The van der Waals surface area contributed by atoms with Gasteiger partial charge in [0.25, 0.3) is 0 Å². The minimum atomic E-state index is -0.350. The average Bonchev–Trinajstić information content (AvgIpc) is 2.42. The highest BCUT2D eigenvalue weighted by atomic mass is 16.5. The van der Waals surface area contributed by atoms with E-state index in [1.54, 1.807) is 0 Å². The Morgan fingerprint density at radius 2 is 1.61 bits per heavy atom. The molecule has 0 aromatic heterocycles. The molecule has 2 heteroatoms. The van der Waals surface area contributed by atoms with E-state index in [1.807, 2.05) is 61.5 Å². The number of esters is 1. The normalized spacial score (nSPS) is 11.9. The Hall–Kier alpha value is -2.09. The van der Waals surface area contributed by atoms with Crippen molar-refractivity contribution in [3.8, 4) is 0 Å². The molecular weight excluding hydrogens is 224 g/mol. The smallest absolute Gasteiger partial charge is 0.317 e. The molecule has 0 fully saturated rings. The van der Waals surface area contributed by atoms with Crippen LogP contribution in [0.3, 0.4) is 0 Å². The fourth-order valence-corrected chi connectivity index (χ4v) is 2.12. The Bertz CT molecular complexity index is 532. The summed E-state index contributed by atoms with van der Waals surface area (Å²) in [5, 5.41) is 0. The van der Waals surface area contributed by atoms with Gasteiger partial charge in [0.05, 0.1) is 7.11 Å². The van der Waals surface area contributed by atoms with Crippen LogP contribution >= 0.6 is 0 Å². The average molecular weight is 240 g/mol. The number of carbonyl (C=O) groups excluding carboxylic acids is 1. The third-order valence-electron chi connectivity index (χ3n) is 3.07. The number of hydrogen-bond acceptors (Lipinski definition) is 2. The first-order chi connectivity index (χ1) is 8.74. The van der Waals surface area contributed by atoms with Crippen LogP contribution in [-0.2, 0) is 9.53 Å². The topological polar surface area (TPSA) is 26.3 Å². The molecule has 1 unspecified atom stereocenters. The van der Waals surface area contributed by atoms with Crippen LogP contribution in [0.25, 0.3) is 0 Å². The van der Waals surface area contributed by atoms with Crippen LogP contribution in [0.5, 0.6) is 0 Å². The molecule has 0 aliphatic carbocycles. The third kappa shape index (κ3) is 2.43. The van der Waals surface area contributed by atoms with E-state index in [-0.39, 0.29) is 11.9 Å². The molecule has 18 heavy (non-hydrogen) atoms. The molecule has 2 nitrogen and oxygen atoms in total. The molecule has 2 rings (SSSR count). The third-order valence-corrected chi connectivity index (χ3v) is 3.07. The molecule has 0 heterocycles. The lowest BCUT2D eigenvalue weighted by molar-refractivity contribution is -0.141. The highest BCUT2D eigenvalue weighted by molar-refractivity contribution is 5.82. The number of aryl methyl sites for hydroxylation is 1. The summed E-state index contributed by atoms with van der Waals surface area (Å²) in [7, 11) is 1.43. The van der Waals surface area contributed by atoms with Crippen molar-refractivity contribution >= 4 is 5.97 Å². The van der Waals surface area contributed by atoms with E-state index in [9.17, 15) is 4.79 Å². The zero-order valence-electron chi connectivity index (χ0n) is 10.6. The second-order valence-corrected chi connectivity index (χ2v) is 4.22. The first-order valence-corrected chi connectivity index (χ1v) is 5.92. The number of methoxy groups -OCH3 is 1. The van der Waals surface area contributed by atoms with Crippen molar-refractivity contribution in [3.05, 3.63) is 71.3 Å². The zero-order valence-corrected chi connectivity index (χ0v) is 10.6. The van der Waals surface area contributed by atoms with E-state index in [1.165, 1.54) is 7.11 Å². The van der Waals surface area contributed by atoms with Gasteiger partial charge in [0.1, 0.15) is 5.92 Å². The summed E-state index contributed by atoms with van der Waals surface area (Å²) in [4.78, 5) is 12.0. The molecule has 0 aliphatic heterocycles. The standard InChI is InChI=1S/C16H16O2/c1-12-8-6-7-11-14(12)15(16(17)18-2)13-9-4-3-5-10-13/h3-11,15H,1-2H3. The molecule has 0 spiro atoms. The van der Waals surface area contributed by atoms with Crippen LogP contribution in [0.15, 0.2) is 54.6 Å². The van der Waals surface area contributed by atoms with E-state index >= 15 is 0 Å². The minimum Gasteiger partial charge on any atom is -0.468 e. The summed E-state index contributed by atoms with van der Waals surface area (Å²) < 4.78 is 4.94. The second-order valence-electron chi connectivity index (χ2n) is 4.22. The van der Waals surface area contributed by atoms with E-state index in [2.05, 4.69) is 0 Å². The summed E-state index contributed by atoms with van der Waals surface area (Å²) in [6, 6.07) is 17.6. The van der Waals surface area contributed by atoms with Gasteiger partial charge in [0, 0.05) is 0 Å². The lowest BCUT2D eigenvalue weighted by atomic mass is 9.88. The van der Waals surface area contributed by atoms with E-state index in [4.69, 9.17) is 4.74 Å². The number of carbonyl (C=O) groups is 1. The van der Waals surface area contributed by atoms with Crippen molar-refractivity contribution in [3.63, 3.8) is 0 Å². The van der Waals surface area contributed by atoms with Gasteiger partial charge in [-0.05, 0) is 23.6 Å². The summed E-state index contributed by atoms with van der Waals surface area (Å²) in [6.45, 7) is 2.01. The van der Waals surface area contributed by atoms with Gasteiger partial charge in [0.2, 0.25) is 0 Å². The number of benzene rings is 2. The monoisotopic (exact) mass is 240 g/mol.